The lowest BCUT2D eigenvalue weighted by Gasteiger charge is -2.34. The van der Waals surface area contributed by atoms with Gasteiger partial charge in [0.15, 0.2) is 5.96 Å². The Morgan fingerprint density at radius 3 is 2.50 bits per heavy atom. The highest BCUT2D eigenvalue weighted by atomic mass is 127. The number of halogens is 2. The van der Waals surface area contributed by atoms with Crippen molar-refractivity contribution in [3.8, 4) is 0 Å². The highest BCUT2D eigenvalue weighted by Gasteiger charge is 2.22. The minimum atomic E-state index is 0. The van der Waals surface area contributed by atoms with E-state index in [2.05, 4.69) is 33.6 Å². The Bertz CT molecular complexity index is 623. The number of carbonyl (C=O) groups excluding carboxylic acids is 1. The van der Waals surface area contributed by atoms with Gasteiger partial charge in [-0.05, 0) is 43.4 Å². The van der Waals surface area contributed by atoms with Crippen molar-refractivity contribution in [1.29, 1.82) is 0 Å². The number of likely N-dealkylation sites (tertiary alicyclic amines) is 1. The summed E-state index contributed by atoms with van der Waals surface area (Å²) in [6.07, 6.45) is 4.28. The van der Waals surface area contributed by atoms with Gasteiger partial charge in [-0.2, -0.15) is 11.8 Å². The van der Waals surface area contributed by atoms with Gasteiger partial charge in [0.05, 0.1) is 0 Å². The molecule has 1 aliphatic heterocycles. The van der Waals surface area contributed by atoms with Gasteiger partial charge < -0.3 is 15.1 Å². The lowest BCUT2D eigenvalue weighted by molar-refractivity contribution is -0.127. The van der Waals surface area contributed by atoms with Crippen molar-refractivity contribution in [3.63, 3.8) is 0 Å². The fourth-order valence-electron chi connectivity index (χ4n) is 2.71. The predicted molar refractivity (Wildman–Crippen MR) is 135 cm³/mol. The molecule has 0 radical (unpaired) electrons. The molecule has 1 aromatic rings. The van der Waals surface area contributed by atoms with Crippen molar-refractivity contribution in [2.45, 2.75) is 23.0 Å². The third-order valence-corrected chi connectivity index (χ3v) is 6.52. The van der Waals surface area contributed by atoms with Crippen LogP contribution in [0, 0.1) is 0 Å². The number of carbonyl (C=O) groups is 1. The molecular formula is C19H30ClIN4OS2. The number of amides is 1. The maximum Gasteiger partial charge on any atom is 0.243 e. The third kappa shape index (κ3) is 9.00. The Balaban J connectivity index is 0.00000392. The number of hydrogen-bond donors (Lipinski definition) is 1. The summed E-state index contributed by atoms with van der Waals surface area (Å²) in [7, 11) is 3.52. The second-order valence-corrected chi connectivity index (χ2v) is 9.40. The van der Waals surface area contributed by atoms with Crippen LogP contribution in [0.15, 0.2) is 34.2 Å². The molecule has 0 bridgehead atoms. The van der Waals surface area contributed by atoms with E-state index in [0.717, 1.165) is 49.2 Å². The smallest absolute Gasteiger partial charge is 0.243 e. The van der Waals surface area contributed by atoms with E-state index in [1.54, 1.807) is 30.8 Å². The summed E-state index contributed by atoms with van der Waals surface area (Å²) in [6, 6.07) is 8.06. The zero-order valence-electron chi connectivity index (χ0n) is 16.7. The monoisotopic (exact) mass is 556 g/mol. The van der Waals surface area contributed by atoms with Crippen LogP contribution in [0.1, 0.15) is 12.8 Å². The van der Waals surface area contributed by atoms with E-state index in [4.69, 9.17) is 11.6 Å². The van der Waals surface area contributed by atoms with Gasteiger partial charge in [0.2, 0.25) is 5.91 Å². The summed E-state index contributed by atoms with van der Waals surface area (Å²) < 4.78 is 0. The number of piperidine rings is 1. The van der Waals surface area contributed by atoms with Gasteiger partial charge in [0.25, 0.3) is 0 Å². The molecule has 5 nitrogen and oxygen atoms in total. The minimum Gasteiger partial charge on any atom is -0.355 e. The average Bonchev–Trinajstić information content (AvgIpc) is 2.67. The van der Waals surface area contributed by atoms with Crippen molar-refractivity contribution in [3.05, 3.63) is 29.3 Å². The summed E-state index contributed by atoms with van der Waals surface area (Å²) in [6.45, 7) is 2.95. The van der Waals surface area contributed by atoms with E-state index in [9.17, 15) is 4.79 Å². The molecule has 1 aliphatic rings. The molecule has 0 saturated carbocycles. The fraction of sp³-hybridized carbons (Fsp3) is 0.579. The van der Waals surface area contributed by atoms with E-state index in [1.807, 2.05) is 23.9 Å². The molecule has 1 aromatic carbocycles. The Morgan fingerprint density at radius 1 is 1.29 bits per heavy atom. The van der Waals surface area contributed by atoms with Crippen LogP contribution >= 0.6 is 59.1 Å². The van der Waals surface area contributed by atoms with Gasteiger partial charge in [-0.15, -0.1) is 35.7 Å². The van der Waals surface area contributed by atoms with Crippen LogP contribution in [-0.4, -0.2) is 79.2 Å². The third-order valence-electron chi connectivity index (χ3n) is 4.31. The summed E-state index contributed by atoms with van der Waals surface area (Å²) in [5, 5.41) is 4.79. The minimum absolute atomic E-state index is 0. The number of guanidine groups is 1. The molecule has 1 amide bonds. The number of nitrogens with one attached hydrogen (secondary N) is 1. The lowest BCUT2D eigenvalue weighted by atomic mass is 10.1. The zero-order valence-corrected chi connectivity index (χ0v) is 21.4. The second-order valence-electron chi connectivity index (χ2n) is 6.61. The van der Waals surface area contributed by atoms with Crippen LogP contribution in [0.2, 0.25) is 5.02 Å². The molecule has 0 spiro atoms. The van der Waals surface area contributed by atoms with Gasteiger partial charge in [-0.3, -0.25) is 4.79 Å². The molecule has 1 fully saturated rings. The average molecular weight is 557 g/mol. The van der Waals surface area contributed by atoms with Crippen molar-refractivity contribution in [2.24, 2.45) is 4.99 Å². The molecule has 0 atom stereocenters. The summed E-state index contributed by atoms with van der Waals surface area (Å²) >= 11 is 9.69. The quantitative estimate of drug-likeness (QED) is 0.239. The van der Waals surface area contributed by atoms with Crippen LogP contribution in [0.5, 0.6) is 0 Å². The molecule has 1 heterocycles. The van der Waals surface area contributed by atoms with Crippen LogP contribution in [-0.2, 0) is 4.79 Å². The SMILES string of the molecule is CSCCNC(=NCC(=O)N(C)C)N1CCC(Sc2ccc(Cl)cc2)CC1.I. The molecule has 1 saturated heterocycles. The molecular weight excluding hydrogens is 527 g/mol. The van der Waals surface area contributed by atoms with Gasteiger partial charge in [0.1, 0.15) is 6.54 Å². The molecule has 0 aliphatic carbocycles. The topological polar surface area (TPSA) is 47.9 Å². The maximum atomic E-state index is 11.9. The summed E-state index contributed by atoms with van der Waals surface area (Å²) in [5.41, 5.74) is 0. The van der Waals surface area contributed by atoms with Crippen LogP contribution in [0.4, 0.5) is 0 Å². The molecule has 9 heteroatoms. The molecule has 0 unspecified atom stereocenters. The Hall–Kier alpha value is -0.320. The van der Waals surface area contributed by atoms with E-state index < -0.39 is 0 Å². The standard InChI is InChI=1S/C19H29ClN4OS2.HI/c1-23(2)18(25)14-22-19(21-10-13-26-3)24-11-8-17(9-12-24)27-16-6-4-15(20)5-7-16;/h4-7,17H,8-14H2,1-3H3,(H,21,22);1H. The van der Waals surface area contributed by atoms with Gasteiger partial charge >= 0.3 is 0 Å². The predicted octanol–water partition coefficient (Wildman–Crippen LogP) is 3.91. The van der Waals surface area contributed by atoms with E-state index >= 15 is 0 Å². The number of likely N-dealkylation sites (N-methyl/N-ethyl adjacent to an activating group) is 1. The zero-order chi connectivity index (χ0) is 19.6. The van der Waals surface area contributed by atoms with E-state index in [0.29, 0.717) is 5.25 Å². The van der Waals surface area contributed by atoms with Crippen LogP contribution in [0.3, 0.4) is 0 Å². The highest BCUT2D eigenvalue weighted by molar-refractivity contribution is 14.0. The summed E-state index contributed by atoms with van der Waals surface area (Å²) in [5.74, 6) is 1.89. The van der Waals surface area contributed by atoms with E-state index in [1.165, 1.54) is 4.90 Å². The Morgan fingerprint density at radius 2 is 1.93 bits per heavy atom. The van der Waals surface area contributed by atoms with E-state index in [-0.39, 0.29) is 36.4 Å². The molecule has 2 rings (SSSR count). The Labute approximate surface area is 199 Å². The molecule has 28 heavy (non-hydrogen) atoms. The van der Waals surface area contributed by atoms with Crippen molar-refractivity contribution in [1.82, 2.24) is 15.1 Å². The number of rotatable bonds is 7. The number of nitrogens with zero attached hydrogens (tertiary/aromatic N) is 3. The van der Waals surface area contributed by atoms with Gasteiger partial charge in [0, 0.05) is 54.7 Å². The summed E-state index contributed by atoms with van der Waals surface area (Å²) in [4.78, 5) is 21.6. The number of aliphatic imine (C=N–C) groups is 1. The van der Waals surface area contributed by atoms with Gasteiger partial charge in [-0.25, -0.2) is 4.99 Å². The van der Waals surface area contributed by atoms with Crippen molar-refractivity contribution >= 4 is 71.0 Å². The largest absolute Gasteiger partial charge is 0.355 e. The molecule has 1 N–H and O–H groups in total. The number of benzene rings is 1. The van der Waals surface area contributed by atoms with Gasteiger partial charge in [-0.1, -0.05) is 11.6 Å². The number of hydrogen-bond acceptors (Lipinski definition) is 4. The maximum absolute atomic E-state index is 11.9. The first-order chi connectivity index (χ1) is 13.0. The first kappa shape index (κ1) is 25.7. The van der Waals surface area contributed by atoms with Crippen molar-refractivity contribution < 1.29 is 4.79 Å². The first-order valence-electron chi connectivity index (χ1n) is 9.14. The van der Waals surface area contributed by atoms with Crippen LogP contribution < -0.4 is 5.32 Å². The number of thioether (sulfide) groups is 2. The first-order valence-corrected chi connectivity index (χ1v) is 11.8. The molecule has 0 aromatic heterocycles. The fourth-order valence-corrected chi connectivity index (χ4v) is 4.26. The Kier molecular flexibility index (Phi) is 12.7. The normalized spacial score (nSPS) is 15.1. The lowest BCUT2D eigenvalue weighted by Crippen LogP contribution is -2.47. The highest BCUT2D eigenvalue weighted by Crippen LogP contribution is 2.31. The molecule has 158 valence electrons. The van der Waals surface area contributed by atoms with Crippen molar-refractivity contribution in [2.75, 3.05) is 52.3 Å². The van der Waals surface area contributed by atoms with Crippen LogP contribution in [0.25, 0.3) is 0 Å². The second kappa shape index (κ2) is 13.8.